The van der Waals surface area contributed by atoms with Crippen molar-refractivity contribution in [1.82, 2.24) is 15.5 Å². The van der Waals surface area contributed by atoms with Crippen LogP contribution in [0, 0.1) is 0 Å². The van der Waals surface area contributed by atoms with Crippen molar-refractivity contribution in [3.8, 4) is 0 Å². The Kier molecular flexibility index (Phi) is 7.01. The SMILES string of the molecule is CN=C(NCc1ccco1)NC1CC(N2CCCCC2)C1.I. The molecule has 5 nitrogen and oxygen atoms in total. The van der Waals surface area contributed by atoms with Gasteiger partial charge in [-0.2, -0.15) is 0 Å². The summed E-state index contributed by atoms with van der Waals surface area (Å²) in [6.45, 7) is 3.26. The Bertz CT molecular complexity index is 451. The molecule has 0 atom stereocenters. The molecule has 0 spiro atoms. The van der Waals surface area contributed by atoms with Crippen LogP contribution in [0.4, 0.5) is 0 Å². The Morgan fingerprint density at radius 2 is 2.09 bits per heavy atom. The maximum atomic E-state index is 5.32. The number of halogens is 1. The smallest absolute Gasteiger partial charge is 0.191 e. The first-order valence-electron chi connectivity index (χ1n) is 8.09. The minimum atomic E-state index is 0. The zero-order valence-corrected chi connectivity index (χ0v) is 15.6. The lowest BCUT2D eigenvalue weighted by Gasteiger charge is -2.45. The molecule has 2 heterocycles. The summed E-state index contributed by atoms with van der Waals surface area (Å²) in [5.74, 6) is 1.80. The molecule has 1 aliphatic heterocycles. The fraction of sp³-hybridized carbons (Fsp3) is 0.688. The average molecular weight is 418 g/mol. The number of furan rings is 1. The Labute approximate surface area is 149 Å². The number of nitrogens with zero attached hydrogens (tertiary/aromatic N) is 2. The minimum absolute atomic E-state index is 0. The first kappa shape index (κ1) is 17.6. The second kappa shape index (κ2) is 8.76. The molecule has 1 saturated carbocycles. The van der Waals surface area contributed by atoms with Gasteiger partial charge in [-0.1, -0.05) is 6.42 Å². The van der Waals surface area contributed by atoms with E-state index in [0.29, 0.717) is 12.6 Å². The molecule has 1 saturated heterocycles. The van der Waals surface area contributed by atoms with Gasteiger partial charge in [-0.15, -0.1) is 24.0 Å². The van der Waals surface area contributed by atoms with Crippen LogP contribution in [0.2, 0.25) is 0 Å². The fourth-order valence-corrected chi connectivity index (χ4v) is 3.26. The number of piperidine rings is 1. The standard InChI is InChI=1S/C16H26N4O.HI/c1-17-16(18-12-15-6-5-9-21-15)19-13-10-14(11-13)20-7-3-2-4-8-20;/h5-6,9,13-14H,2-4,7-8,10-12H2,1H3,(H2,17,18,19);1H. The van der Waals surface area contributed by atoms with Crippen LogP contribution in [-0.4, -0.2) is 43.1 Å². The summed E-state index contributed by atoms with van der Waals surface area (Å²) >= 11 is 0. The Morgan fingerprint density at radius 3 is 2.73 bits per heavy atom. The number of guanidine groups is 1. The molecule has 1 aliphatic carbocycles. The molecule has 0 amide bonds. The minimum Gasteiger partial charge on any atom is -0.467 e. The Morgan fingerprint density at radius 1 is 1.32 bits per heavy atom. The van der Waals surface area contributed by atoms with Crippen molar-refractivity contribution in [2.45, 2.75) is 50.7 Å². The van der Waals surface area contributed by atoms with Crippen LogP contribution in [-0.2, 0) is 6.54 Å². The Hall–Kier alpha value is -0.760. The van der Waals surface area contributed by atoms with Gasteiger partial charge in [0.25, 0.3) is 0 Å². The quantitative estimate of drug-likeness (QED) is 0.449. The van der Waals surface area contributed by atoms with Gasteiger partial charge in [0.05, 0.1) is 12.8 Å². The summed E-state index contributed by atoms with van der Waals surface area (Å²) in [6.07, 6.45) is 8.33. The topological polar surface area (TPSA) is 52.8 Å². The van der Waals surface area contributed by atoms with E-state index >= 15 is 0 Å². The van der Waals surface area contributed by atoms with Crippen molar-refractivity contribution < 1.29 is 4.42 Å². The van der Waals surface area contributed by atoms with E-state index in [1.165, 1.54) is 45.2 Å². The maximum absolute atomic E-state index is 5.32. The van der Waals surface area contributed by atoms with Crippen LogP contribution >= 0.6 is 24.0 Å². The summed E-state index contributed by atoms with van der Waals surface area (Å²) in [7, 11) is 1.82. The van der Waals surface area contributed by atoms with E-state index in [-0.39, 0.29) is 24.0 Å². The van der Waals surface area contributed by atoms with Gasteiger partial charge in [0.15, 0.2) is 5.96 Å². The monoisotopic (exact) mass is 418 g/mol. The zero-order valence-electron chi connectivity index (χ0n) is 13.3. The molecule has 2 N–H and O–H groups in total. The Balaban J connectivity index is 0.00000176. The van der Waals surface area contributed by atoms with Crippen molar-refractivity contribution >= 4 is 29.9 Å². The van der Waals surface area contributed by atoms with Gasteiger partial charge in [-0.05, 0) is 50.9 Å². The third-order valence-electron chi connectivity index (χ3n) is 4.59. The van der Waals surface area contributed by atoms with E-state index < -0.39 is 0 Å². The van der Waals surface area contributed by atoms with Gasteiger partial charge in [0, 0.05) is 19.1 Å². The highest BCUT2D eigenvalue weighted by atomic mass is 127. The molecular weight excluding hydrogens is 391 g/mol. The highest BCUT2D eigenvalue weighted by Gasteiger charge is 2.34. The molecule has 124 valence electrons. The summed E-state index contributed by atoms with van der Waals surface area (Å²) in [5, 5.41) is 6.80. The summed E-state index contributed by atoms with van der Waals surface area (Å²) in [4.78, 5) is 6.95. The molecular formula is C16H27IN4O. The molecule has 22 heavy (non-hydrogen) atoms. The number of likely N-dealkylation sites (tertiary alicyclic amines) is 1. The number of aliphatic imine (C=N–C) groups is 1. The van der Waals surface area contributed by atoms with Gasteiger partial charge in [0.1, 0.15) is 5.76 Å². The molecule has 0 aromatic carbocycles. The van der Waals surface area contributed by atoms with E-state index in [1.54, 1.807) is 6.26 Å². The maximum Gasteiger partial charge on any atom is 0.191 e. The first-order chi connectivity index (χ1) is 10.3. The summed E-state index contributed by atoms with van der Waals surface area (Å²) < 4.78 is 5.32. The van der Waals surface area contributed by atoms with Crippen molar-refractivity contribution in [2.75, 3.05) is 20.1 Å². The van der Waals surface area contributed by atoms with Crippen molar-refractivity contribution in [2.24, 2.45) is 4.99 Å². The molecule has 0 unspecified atom stereocenters. The third-order valence-corrected chi connectivity index (χ3v) is 4.59. The van der Waals surface area contributed by atoms with E-state index in [2.05, 4.69) is 20.5 Å². The lowest BCUT2D eigenvalue weighted by atomic mass is 9.84. The number of nitrogens with one attached hydrogen (secondary N) is 2. The molecule has 1 aromatic rings. The first-order valence-corrected chi connectivity index (χ1v) is 8.09. The van der Waals surface area contributed by atoms with Gasteiger partial charge < -0.3 is 20.0 Å². The van der Waals surface area contributed by atoms with Gasteiger partial charge >= 0.3 is 0 Å². The van der Waals surface area contributed by atoms with Gasteiger partial charge in [0.2, 0.25) is 0 Å². The summed E-state index contributed by atoms with van der Waals surface area (Å²) in [6, 6.07) is 5.21. The van der Waals surface area contributed by atoms with Crippen LogP contribution in [0.15, 0.2) is 27.8 Å². The van der Waals surface area contributed by atoms with Crippen LogP contribution in [0.3, 0.4) is 0 Å². The largest absolute Gasteiger partial charge is 0.467 e. The predicted molar refractivity (Wildman–Crippen MR) is 99.7 cm³/mol. The van der Waals surface area contributed by atoms with Crippen LogP contribution in [0.25, 0.3) is 0 Å². The predicted octanol–water partition coefficient (Wildman–Crippen LogP) is 2.58. The van der Waals surface area contributed by atoms with E-state index in [0.717, 1.165) is 17.8 Å². The number of hydrogen-bond donors (Lipinski definition) is 2. The van der Waals surface area contributed by atoms with Gasteiger partial charge in [-0.25, -0.2) is 0 Å². The highest BCUT2D eigenvalue weighted by Crippen LogP contribution is 2.28. The number of rotatable bonds is 4. The second-order valence-corrected chi connectivity index (χ2v) is 6.07. The number of hydrogen-bond acceptors (Lipinski definition) is 3. The molecule has 2 fully saturated rings. The molecule has 3 rings (SSSR count). The molecule has 0 radical (unpaired) electrons. The molecule has 0 bridgehead atoms. The van der Waals surface area contributed by atoms with Crippen LogP contribution in [0.5, 0.6) is 0 Å². The van der Waals surface area contributed by atoms with E-state index in [4.69, 9.17) is 4.42 Å². The molecule has 6 heteroatoms. The normalized spacial score (nSPS) is 26.0. The third kappa shape index (κ3) is 4.62. The van der Waals surface area contributed by atoms with Crippen molar-refractivity contribution in [3.63, 3.8) is 0 Å². The average Bonchev–Trinajstić information content (AvgIpc) is 2.99. The molecule has 2 aliphatic rings. The summed E-state index contributed by atoms with van der Waals surface area (Å²) in [5.41, 5.74) is 0. The van der Waals surface area contributed by atoms with Crippen molar-refractivity contribution in [1.29, 1.82) is 0 Å². The van der Waals surface area contributed by atoms with Crippen LogP contribution < -0.4 is 10.6 Å². The fourth-order valence-electron chi connectivity index (χ4n) is 3.26. The van der Waals surface area contributed by atoms with Crippen molar-refractivity contribution in [3.05, 3.63) is 24.2 Å². The second-order valence-electron chi connectivity index (χ2n) is 6.07. The van der Waals surface area contributed by atoms with E-state index in [9.17, 15) is 0 Å². The molecule has 1 aromatic heterocycles. The van der Waals surface area contributed by atoms with Gasteiger partial charge in [-0.3, -0.25) is 4.99 Å². The van der Waals surface area contributed by atoms with E-state index in [1.807, 2.05) is 19.2 Å². The lowest BCUT2D eigenvalue weighted by Crippen LogP contribution is -2.56. The lowest BCUT2D eigenvalue weighted by molar-refractivity contribution is 0.0844. The van der Waals surface area contributed by atoms with Crippen LogP contribution in [0.1, 0.15) is 37.9 Å². The highest BCUT2D eigenvalue weighted by molar-refractivity contribution is 14.0. The zero-order chi connectivity index (χ0) is 14.5.